The van der Waals surface area contributed by atoms with E-state index in [-0.39, 0.29) is 29.7 Å². The molecule has 0 unspecified atom stereocenters. The molecule has 0 bridgehead atoms. The van der Waals surface area contributed by atoms with Crippen molar-refractivity contribution >= 4 is 17.2 Å². The van der Waals surface area contributed by atoms with Gasteiger partial charge in [0.05, 0.1) is 22.5 Å². The lowest BCUT2D eigenvalue weighted by Gasteiger charge is -2.39. The molecular formula is C23H18N4O5. The third-order valence-electron chi connectivity index (χ3n) is 5.96. The molecule has 0 fully saturated rings. The molecule has 0 saturated carbocycles. The van der Waals surface area contributed by atoms with Crippen LogP contribution >= 0.6 is 0 Å². The van der Waals surface area contributed by atoms with Gasteiger partial charge in [0.2, 0.25) is 6.79 Å². The Morgan fingerprint density at radius 3 is 2.59 bits per heavy atom. The summed E-state index contributed by atoms with van der Waals surface area (Å²) in [5.41, 5.74) is 9.22. The van der Waals surface area contributed by atoms with Gasteiger partial charge in [0.1, 0.15) is 5.82 Å². The Morgan fingerprint density at radius 1 is 1.12 bits per heavy atom. The number of anilines is 1. The molecule has 0 aromatic heterocycles. The topological polar surface area (TPSA) is 132 Å². The molecule has 2 N–H and O–H groups in total. The number of benzene rings is 2. The number of rotatable bonds is 3. The van der Waals surface area contributed by atoms with Crippen LogP contribution in [-0.4, -0.2) is 17.5 Å². The number of nitrogens with two attached hydrogens (primary N) is 1. The summed E-state index contributed by atoms with van der Waals surface area (Å²) in [6.45, 7) is 0.118. The van der Waals surface area contributed by atoms with Crippen molar-refractivity contribution < 1.29 is 19.2 Å². The molecule has 0 radical (unpaired) electrons. The average Bonchev–Trinajstić information content (AvgIpc) is 3.26. The Bertz CT molecular complexity index is 1260. The van der Waals surface area contributed by atoms with Gasteiger partial charge in [-0.1, -0.05) is 6.07 Å². The summed E-state index contributed by atoms with van der Waals surface area (Å²) in [6, 6.07) is 13.5. The number of hydrogen-bond acceptors (Lipinski definition) is 8. The highest BCUT2D eigenvalue weighted by molar-refractivity contribution is 6.01. The number of carbonyl (C=O) groups excluding carboxylic acids is 1. The zero-order valence-corrected chi connectivity index (χ0v) is 16.9. The van der Waals surface area contributed by atoms with Crippen molar-refractivity contribution in [2.45, 2.75) is 25.2 Å². The number of nitrogens with zero attached hydrogens (tertiary/aromatic N) is 3. The van der Waals surface area contributed by atoms with E-state index in [2.05, 4.69) is 6.07 Å². The highest BCUT2D eigenvalue weighted by Crippen LogP contribution is 2.47. The fraction of sp³-hybridized carbons (Fsp3) is 0.217. The summed E-state index contributed by atoms with van der Waals surface area (Å²) in [6.07, 6.45) is 1.63. The summed E-state index contributed by atoms with van der Waals surface area (Å²) in [5, 5.41) is 21.1. The number of nitro benzene ring substituents is 1. The van der Waals surface area contributed by atoms with E-state index in [0.29, 0.717) is 47.7 Å². The van der Waals surface area contributed by atoms with Crippen LogP contribution in [0.2, 0.25) is 0 Å². The van der Waals surface area contributed by atoms with E-state index in [1.165, 1.54) is 12.1 Å². The van der Waals surface area contributed by atoms with Crippen molar-refractivity contribution in [3.8, 4) is 17.6 Å². The second-order valence-corrected chi connectivity index (χ2v) is 7.70. The maximum absolute atomic E-state index is 13.1. The second kappa shape index (κ2) is 7.42. The fourth-order valence-corrected chi connectivity index (χ4v) is 4.53. The van der Waals surface area contributed by atoms with Crippen LogP contribution in [-0.2, 0) is 4.79 Å². The van der Waals surface area contributed by atoms with Gasteiger partial charge in [0, 0.05) is 35.5 Å². The first-order valence-electron chi connectivity index (χ1n) is 10.1. The highest BCUT2D eigenvalue weighted by Gasteiger charge is 2.40. The molecule has 1 atom stereocenters. The van der Waals surface area contributed by atoms with Crippen molar-refractivity contribution in [2.24, 2.45) is 5.73 Å². The number of Topliss-reactive ketones (excluding diaryl/α,β-unsaturated/α-hetero) is 1. The smallest absolute Gasteiger partial charge is 0.269 e. The number of ether oxygens (including phenoxy) is 2. The van der Waals surface area contributed by atoms with E-state index in [1.54, 1.807) is 29.2 Å². The van der Waals surface area contributed by atoms with E-state index >= 15 is 0 Å². The fourth-order valence-electron chi connectivity index (χ4n) is 4.53. The minimum atomic E-state index is -0.619. The van der Waals surface area contributed by atoms with Gasteiger partial charge in [-0.15, -0.1) is 0 Å². The number of allylic oxidation sites excluding steroid dienone is 3. The first-order chi connectivity index (χ1) is 15.5. The molecular weight excluding hydrogens is 412 g/mol. The van der Waals surface area contributed by atoms with Gasteiger partial charge < -0.3 is 15.2 Å². The molecule has 0 amide bonds. The van der Waals surface area contributed by atoms with Gasteiger partial charge in [-0.3, -0.25) is 19.8 Å². The zero-order chi connectivity index (χ0) is 22.4. The van der Waals surface area contributed by atoms with Crippen LogP contribution in [0.4, 0.5) is 11.4 Å². The SMILES string of the molecule is N#CC1=C(N)N(c2ccc([N+](=O)[O-])cc2)C2=C(C(=O)CCC2)[C@H]1c1ccc2c(c1)OCO2. The summed E-state index contributed by atoms with van der Waals surface area (Å²) >= 11 is 0. The summed E-state index contributed by atoms with van der Waals surface area (Å²) in [4.78, 5) is 25.4. The molecule has 0 spiro atoms. The largest absolute Gasteiger partial charge is 0.454 e. The van der Waals surface area contributed by atoms with Gasteiger partial charge in [0.15, 0.2) is 17.3 Å². The molecule has 3 aliphatic rings. The van der Waals surface area contributed by atoms with E-state index in [1.807, 2.05) is 6.07 Å². The van der Waals surface area contributed by atoms with E-state index < -0.39 is 10.8 Å². The molecule has 2 aromatic rings. The number of nitriles is 1. The van der Waals surface area contributed by atoms with Gasteiger partial charge in [0.25, 0.3) is 5.69 Å². The van der Waals surface area contributed by atoms with Crippen LogP contribution in [0.3, 0.4) is 0 Å². The third kappa shape index (κ3) is 2.96. The minimum absolute atomic E-state index is 0.0407. The lowest BCUT2D eigenvalue weighted by atomic mass is 9.75. The molecule has 160 valence electrons. The quantitative estimate of drug-likeness (QED) is 0.577. The molecule has 1 aliphatic carbocycles. The Morgan fingerprint density at radius 2 is 1.88 bits per heavy atom. The molecule has 9 heteroatoms. The molecule has 2 aromatic carbocycles. The molecule has 32 heavy (non-hydrogen) atoms. The van der Waals surface area contributed by atoms with Crippen LogP contribution in [0.5, 0.6) is 11.5 Å². The lowest BCUT2D eigenvalue weighted by molar-refractivity contribution is -0.384. The van der Waals surface area contributed by atoms with E-state index in [0.717, 1.165) is 5.56 Å². The Kier molecular flexibility index (Phi) is 4.56. The predicted molar refractivity (Wildman–Crippen MR) is 114 cm³/mol. The van der Waals surface area contributed by atoms with Crippen molar-refractivity contribution in [1.82, 2.24) is 0 Å². The molecule has 2 aliphatic heterocycles. The maximum Gasteiger partial charge on any atom is 0.269 e. The number of nitro groups is 1. The minimum Gasteiger partial charge on any atom is -0.454 e. The Labute approximate surface area is 183 Å². The zero-order valence-electron chi connectivity index (χ0n) is 16.9. The monoisotopic (exact) mass is 430 g/mol. The molecule has 2 heterocycles. The van der Waals surface area contributed by atoms with E-state index in [9.17, 15) is 20.2 Å². The van der Waals surface area contributed by atoms with Crippen LogP contribution < -0.4 is 20.1 Å². The van der Waals surface area contributed by atoms with Crippen LogP contribution in [0.15, 0.2) is 65.1 Å². The number of hydrogen-bond donors (Lipinski definition) is 1. The third-order valence-corrected chi connectivity index (χ3v) is 5.96. The van der Waals surface area contributed by atoms with Crippen LogP contribution in [0.25, 0.3) is 0 Å². The first-order valence-corrected chi connectivity index (χ1v) is 10.1. The van der Waals surface area contributed by atoms with Gasteiger partial charge >= 0.3 is 0 Å². The van der Waals surface area contributed by atoms with Gasteiger partial charge in [-0.25, -0.2) is 0 Å². The molecule has 0 saturated heterocycles. The predicted octanol–water partition coefficient (Wildman–Crippen LogP) is 3.63. The number of ketones is 1. The number of fused-ring (bicyclic) bond motifs is 1. The van der Waals surface area contributed by atoms with Crippen LogP contribution in [0, 0.1) is 21.4 Å². The maximum atomic E-state index is 13.1. The van der Waals surface area contributed by atoms with Crippen molar-refractivity contribution in [2.75, 3.05) is 11.7 Å². The van der Waals surface area contributed by atoms with Gasteiger partial charge in [-0.2, -0.15) is 5.26 Å². The standard InChI is InChI=1S/C23H18N4O5/c24-11-16-21(13-4-9-19-20(10-13)32-12-31-19)22-17(2-1-3-18(22)28)26(23(16)25)14-5-7-15(8-6-14)27(29)30/h4-10,21H,1-3,12,25H2/t21-/m0/s1. The normalized spacial score (nSPS) is 19.7. The van der Waals surface area contributed by atoms with Crippen LogP contribution in [0.1, 0.15) is 30.7 Å². The second-order valence-electron chi connectivity index (χ2n) is 7.70. The molecule has 9 nitrogen and oxygen atoms in total. The first kappa shape index (κ1) is 19.6. The number of non-ortho nitro benzene ring substituents is 1. The summed E-state index contributed by atoms with van der Waals surface area (Å²) in [5.74, 6) is 0.711. The number of carbonyl (C=O) groups is 1. The molecule has 5 rings (SSSR count). The van der Waals surface area contributed by atoms with Crippen molar-refractivity contribution in [1.29, 1.82) is 5.26 Å². The average molecular weight is 430 g/mol. The Hall–Kier alpha value is -4.32. The van der Waals surface area contributed by atoms with Crippen molar-refractivity contribution in [3.05, 3.63) is 80.8 Å². The van der Waals surface area contributed by atoms with Crippen molar-refractivity contribution in [3.63, 3.8) is 0 Å². The highest BCUT2D eigenvalue weighted by atomic mass is 16.7. The lowest BCUT2D eigenvalue weighted by Crippen LogP contribution is -2.38. The Balaban J connectivity index is 1.68. The summed E-state index contributed by atoms with van der Waals surface area (Å²) < 4.78 is 10.9. The summed E-state index contributed by atoms with van der Waals surface area (Å²) in [7, 11) is 0. The van der Waals surface area contributed by atoms with Gasteiger partial charge in [-0.05, 0) is 42.7 Å². The van der Waals surface area contributed by atoms with E-state index in [4.69, 9.17) is 15.2 Å².